The molecular formula is C25H31N3O3. The number of amides is 2. The summed E-state index contributed by atoms with van der Waals surface area (Å²) in [5.74, 6) is 0.295. The lowest BCUT2D eigenvalue weighted by Gasteiger charge is -2.32. The van der Waals surface area contributed by atoms with Gasteiger partial charge < -0.3 is 15.0 Å². The number of nitrogens with one attached hydrogen (secondary N) is 1. The molecule has 2 unspecified atom stereocenters. The third kappa shape index (κ3) is 4.16. The van der Waals surface area contributed by atoms with E-state index in [1.807, 2.05) is 36.9 Å². The summed E-state index contributed by atoms with van der Waals surface area (Å²) < 4.78 is 5.47. The van der Waals surface area contributed by atoms with Crippen molar-refractivity contribution in [2.45, 2.75) is 52.5 Å². The third-order valence-corrected chi connectivity index (χ3v) is 6.75. The predicted octanol–water partition coefficient (Wildman–Crippen LogP) is 3.72. The Hall–Kier alpha value is -2.89. The van der Waals surface area contributed by atoms with Crippen LogP contribution in [0.15, 0.2) is 30.5 Å². The number of carbonyl (C=O) groups is 2. The molecule has 2 amide bonds. The molecule has 31 heavy (non-hydrogen) atoms. The zero-order valence-corrected chi connectivity index (χ0v) is 18.6. The number of carbonyl (C=O) groups excluding carboxylic acids is 2. The maximum Gasteiger partial charge on any atom is 0.230 e. The fourth-order valence-electron chi connectivity index (χ4n) is 5.06. The highest BCUT2D eigenvalue weighted by Gasteiger charge is 2.39. The standard InChI is InChI=1S/C25H31N3O3/c1-16-14-26-21(17(2)23(16)31-3)15-27-24(29)19-9-5-6-10-20(19)25(30)28-13-12-18-8-4-7-11-22(18)28/h4,7-8,11,14,19-20H,5-6,9-10,12-13,15H2,1-3H3,(H,27,29). The van der Waals surface area contributed by atoms with Gasteiger partial charge in [0.1, 0.15) is 5.75 Å². The monoisotopic (exact) mass is 421 g/mol. The van der Waals surface area contributed by atoms with Gasteiger partial charge in [0.25, 0.3) is 0 Å². The summed E-state index contributed by atoms with van der Waals surface area (Å²) in [6.07, 6.45) is 6.14. The number of para-hydroxylation sites is 1. The van der Waals surface area contributed by atoms with E-state index in [1.54, 1.807) is 13.3 Å². The minimum Gasteiger partial charge on any atom is -0.496 e. The molecule has 1 fully saturated rings. The van der Waals surface area contributed by atoms with Gasteiger partial charge in [-0.15, -0.1) is 0 Å². The van der Waals surface area contributed by atoms with Crippen molar-refractivity contribution < 1.29 is 14.3 Å². The molecule has 1 N–H and O–H groups in total. The summed E-state index contributed by atoms with van der Waals surface area (Å²) >= 11 is 0. The maximum absolute atomic E-state index is 13.4. The lowest BCUT2D eigenvalue weighted by Crippen LogP contribution is -2.45. The van der Waals surface area contributed by atoms with Gasteiger partial charge in [-0.3, -0.25) is 14.6 Å². The van der Waals surface area contributed by atoms with Crippen LogP contribution >= 0.6 is 0 Å². The highest BCUT2D eigenvalue weighted by molar-refractivity contribution is 5.99. The molecule has 164 valence electrons. The molecule has 2 aromatic rings. The summed E-state index contributed by atoms with van der Waals surface area (Å²) in [6, 6.07) is 8.08. The normalized spacial score (nSPS) is 20.3. The van der Waals surface area contributed by atoms with Crippen molar-refractivity contribution in [2.75, 3.05) is 18.6 Å². The predicted molar refractivity (Wildman–Crippen MR) is 120 cm³/mol. The zero-order chi connectivity index (χ0) is 22.0. The summed E-state index contributed by atoms with van der Waals surface area (Å²) in [5, 5.41) is 3.05. The minimum atomic E-state index is -0.290. The van der Waals surface area contributed by atoms with Gasteiger partial charge in [0.05, 0.1) is 25.3 Å². The molecule has 1 aromatic carbocycles. The van der Waals surface area contributed by atoms with Gasteiger partial charge in [0.2, 0.25) is 11.8 Å². The molecule has 1 aliphatic carbocycles. The summed E-state index contributed by atoms with van der Waals surface area (Å²) in [5.41, 5.74) is 4.92. The molecule has 1 aromatic heterocycles. The van der Waals surface area contributed by atoms with Crippen LogP contribution in [-0.2, 0) is 22.6 Å². The molecule has 6 nitrogen and oxygen atoms in total. The fraction of sp³-hybridized carbons (Fsp3) is 0.480. The third-order valence-electron chi connectivity index (χ3n) is 6.75. The molecule has 0 radical (unpaired) electrons. The van der Waals surface area contributed by atoms with E-state index in [-0.39, 0.29) is 23.7 Å². The number of hydrogen-bond acceptors (Lipinski definition) is 4. The first-order valence-corrected chi connectivity index (χ1v) is 11.2. The number of benzene rings is 1. The number of aromatic nitrogens is 1. The van der Waals surface area contributed by atoms with Crippen molar-refractivity contribution in [3.05, 3.63) is 52.8 Å². The fourth-order valence-corrected chi connectivity index (χ4v) is 5.06. The van der Waals surface area contributed by atoms with Crippen molar-refractivity contribution in [1.82, 2.24) is 10.3 Å². The Balaban J connectivity index is 1.47. The number of methoxy groups -OCH3 is 1. The van der Waals surface area contributed by atoms with E-state index < -0.39 is 0 Å². The van der Waals surface area contributed by atoms with Gasteiger partial charge in [-0.25, -0.2) is 0 Å². The molecule has 0 bridgehead atoms. The van der Waals surface area contributed by atoms with E-state index in [0.29, 0.717) is 13.1 Å². The van der Waals surface area contributed by atoms with Gasteiger partial charge in [0, 0.05) is 35.5 Å². The molecule has 2 heterocycles. The second kappa shape index (κ2) is 9.08. The minimum absolute atomic E-state index is 0.0497. The first-order chi connectivity index (χ1) is 15.0. The van der Waals surface area contributed by atoms with Crippen LogP contribution in [-0.4, -0.2) is 30.5 Å². The van der Waals surface area contributed by atoms with Gasteiger partial charge in [-0.1, -0.05) is 31.0 Å². The van der Waals surface area contributed by atoms with Crippen LogP contribution in [0.25, 0.3) is 0 Å². The van der Waals surface area contributed by atoms with E-state index in [9.17, 15) is 9.59 Å². The van der Waals surface area contributed by atoms with Crippen LogP contribution in [0.2, 0.25) is 0 Å². The van der Waals surface area contributed by atoms with E-state index in [2.05, 4.69) is 16.4 Å². The van der Waals surface area contributed by atoms with Gasteiger partial charge in [-0.05, 0) is 44.7 Å². The summed E-state index contributed by atoms with van der Waals surface area (Å²) in [4.78, 5) is 32.9. The summed E-state index contributed by atoms with van der Waals surface area (Å²) in [7, 11) is 1.65. The number of fused-ring (bicyclic) bond motifs is 1. The Kier molecular flexibility index (Phi) is 6.25. The Bertz CT molecular complexity index is 988. The second-order valence-electron chi connectivity index (χ2n) is 8.63. The summed E-state index contributed by atoms with van der Waals surface area (Å²) in [6.45, 7) is 4.95. The van der Waals surface area contributed by atoms with Gasteiger partial charge in [-0.2, -0.15) is 0 Å². The molecule has 0 spiro atoms. The SMILES string of the molecule is COc1c(C)cnc(CNC(=O)C2CCCCC2C(=O)N2CCc3ccccc32)c1C. The Labute approximate surface area is 184 Å². The number of nitrogens with zero attached hydrogens (tertiary/aromatic N) is 2. The quantitative estimate of drug-likeness (QED) is 0.799. The van der Waals surface area contributed by atoms with Crippen LogP contribution < -0.4 is 15.0 Å². The van der Waals surface area contributed by atoms with E-state index in [4.69, 9.17) is 4.74 Å². The van der Waals surface area contributed by atoms with E-state index in [1.165, 1.54) is 5.56 Å². The topological polar surface area (TPSA) is 71.5 Å². The zero-order valence-electron chi connectivity index (χ0n) is 18.6. The Morgan fingerprint density at radius 2 is 1.90 bits per heavy atom. The smallest absolute Gasteiger partial charge is 0.230 e. The second-order valence-corrected chi connectivity index (χ2v) is 8.63. The van der Waals surface area contributed by atoms with Gasteiger partial charge >= 0.3 is 0 Å². The van der Waals surface area contributed by atoms with Crippen LogP contribution in [0.3, 0.4) is 0 Å². The van der Waals surface area contributed by atoms with E-state index >= 15 is 0 Å². The van der Waals surface area contributed by atoms with Crippen molar-refractivity contribution in [2.24, 2.45) is 11.8 Å². The average Bonchev–Trinajstić information content (AvgIpc) is 3.22. The highest BCUT2D eigenvalue weighted by Crippen LogP contribution is 2.36. The molecule has 6 heteroatoms. The van der Waals surface area contributed by atoms with Crippen molar-refractivity contribution in [3.8, 4) is 5.75 Å². The lowest BCUT2D eigenvalue weighted by atomic mass is 9.77. The average molecular weight is 422 g/mol. The largest absolute Gasteiger partial charge is 0.496 e. The van der Waals surface area contributed by atoms with Crippen LogP contribution in [0, 0.1) is 25.7 Å². The van der Waals surface area contributed by atoms with Crippen molar-refractivity contribution in [3.63, 3.8) is 0 Å². The Morgan fingerprint density at radius 3 is 2.68 bits per heavy atom. The van der Waals surface area contributed by atoms with Crippen LogP contribution in [0.4, 0.5) is 5.69 Å². The molecule has 2 atom stereocenters. The molecule has 4 rings (SSSR count). The van der Waals surface area contributed by atoms with Crippen LogP contribution in [0.5, 0.6) is 5.75 Å². The molecule has 1 aliphatic heterocycles. The number of anilines is 1. The lowest BCUT2D eigenvalue weighted by molar-refractivity contribution is -0.135. The van der Waals surface area contributed by atoms with Gasteiger partial charge in [0.15, 0.2) is 0 Å². The van der Waals surface area contributed by atoms with E-state index in [0.717, 1.165) is 60.4 Å². The number of ether oxygens (including phenoxy) is 1. The molecule has 0 saturated heterocycles. The number of pyridine rings is 1. The molecule has 1 saturated carbocycles. The Morgan fingerprint density at radius 1 is 1.16 bits per heavy atom. The van der Waals surface area contributed by atoms with Crippen molar-refractivity contribution in [1.29, 1.82) is 0 Å². The van der Waals surface area contributed by atoms with Crippen molar-refractivity contribution >= 4 is 17.5 Å². The first kappa shape index (κ1) is 21.3. The maximum atomic E-state index is 13.4. The highest BCUT2D eigenvalue weighted by atomic mass is 16.5. The number of hydrogen-bond donors (Lipinski definition) is 1. The first-order valence-electron chi connectivity index (χ1n) is 11.2. The molecular weight excluding hydrogens is 390 g/mol. The number of rotatable bonds is 5. The number of aryl methyl sites for hydroxylation is 1. The molecule has 2 aliphatic rings. The van der Waals surface area contributed by atoms with Crippen LogP contribution in [0.1, 0.15) is 48.1 Å².